The molecule has 0 aliphatic carbocycles. The molecule has 0 aromatic heterocycles. The van der Waals surface area contributed by atoms with Crippen molar-refractivity contribution < 1.29 is 9.59 Å². The highest BCUT2D eigenvalue weighted by Gasteiger charge is 2.30. The molecule has 6 heteroatoms. The number of amides is 2. The second kappa shape index (κ2) is 10.3. The Morgan fingerprint density at radius 2 is 1.73 bits per heavy atom. The lowest BCUT2D eigenvalue weighted by Crippen LogP contribution is -2.53. The summed E-state index contributed by atoms with van der Waals surface area (Å²) in [5.41, 5.74) is 2.47. The fraction of sp³-hybridized carbons (Fsp3) is 0.417. The molecule has 0 spiro atoms. The van der Waals surface area contributed by atoms with Crippen LogP contribution in [0.1, 0.15) is 50.8 Å². The number of nitrogens with zero attached hydrogens (tertiary/aromatic N) is 1. The highest BCUT2D eigenvalue weighted by molar-refractivity contribution is 6.42. The molecule has 1 atom stereocenters. The van der Waals surface area contributed by atoms with Crippen molar-refractivity contribution >= 4 is 35.0 Å². The molecule has 0 bridgehead atoms. The first-order valence-electron chi connectivity index (χ1n) is 10.1. The molecule has 30 heavy (non-hydrogen) atoms. The topological polar surface area (TPSA) is 49.4 Å². The average molecular weight is 449 g/mol. The summed E-state index contributed by atoms with van der Waals surface area (Å²) in [6.07, 6.45) is 0.656. The number of carbonyl (C=O) groups is 2. The van der Waals surface area contributed by atoms with Crippen LogP contribution in [0.5, 0.6) is 0 Å². The second-order valence-electron chi connectivity index (χ2n) is 8.54. The van der Waals surface area contributed by atoms with Crippen LogP contribution in [-0.4, -0.2) is 28.3 Å². The van der Waals surface area contributed by atoms with Crippen molar-refractivity contribution in [3.63, 3.8) is 0 Å². The lowest BCUT2D eigenvalue weighted by atomic mass is 10.0. The Bertz CT molecular complexity index is 906. The molecule has 0 radical (unpaired) electrons. The molecule has 0 aliphatic heterocycles. The molecule has 0 aliphatic rings. The molecule has 2 aromatic rings. The Balaban J connectivity index is 2.35. The van der Waals surface area contributed by atoms with Crippen LogP contribution in [0.3, 0.4) is 0 Å². The van der Waals surface area contributed by atoms with Crippen LogP contribution in [-0.2, 0) is 22.6 Å². The van der Waals surface area contributed by atoms with Gasteiger partial charge in [0, 0.05) is 12.1 Å². The molecule has 1 N–H and O–H groups in total. The number of carbonyl (C=O) groups excluding carboxylic acids is 2. The van der Waals surface area contributed by atoms with E-state index in [0.29, 0.717) is 23.0 Å². The van der Waals surface area contributed by atoms with Crippen molar-refractivity contribution in [1.29, 1.82) is 0 Å². The van der Waals surface area contributed by atoms with Gasteiger partial charge in [0.1, 0.15) is 6.04 Å². The van der Waals surface area contributed by atoms with E-state index in [4.69, 9.17) is 23.2 Å². The Labute approximate surface area is 189 Å². The third-order valence-electron chi connectivity index (χ3n) is 4.83. The highest BCUT2D eigenvalue weighted by atomic mass is 35.5. The van der Waals surface area contributed by atoms with E-state index in [2.05, 4.69) is 5.32 Å². The van der Waals surface area contributed by atoms with Gasteiger partial charge in [-0.2, -0.15) is 0 Å². The molecule has 0 saturated carbocycles. The summed E-state index contributed by atoms with van der Waals surface area (Å²) in [5, 5.41) is 3.87. The van der Waals surface area contributed by atoms with Crippen LogP contribution in [0.25, 0.3) is 0 Å². The van der Waals surface area contributed by atoms with Gasteiger partial charge in [-0.3, -0.25) is 9.59 Å². The molecule has 1 unspecified atom stereocenters. The fourth-order valence-electron chi connectivity index (χ4n) is 3.27. The van der Waals surface area contributed by atoms with E-state index in [1.807, 2.05) is 58.9 Å². The van der Waals surface area contributed by atoms with Crippen molar-refractivity contribution in [1.82, 2.24) is 10.2 Å². The minimum atomic E-state index is -0.570. The molecular formula is C24H30Cl2N2O2. The molecule has 2 amide bonds. The minimum Gasteiger partial charge on any atom is -0.350 e. The van der Waals surface area contributed by atoms with Crippen LogP contribution in [0.4, 0.5) is 0 Å². The van der Waals surface area contributed by atoms with Gasteiger partial charge < -0.3 is 10.2 Å². The van der Waals surface area contributed by atoms with Gasteiger partial charge in [0.25, 0.3) is 0 Å². The predicted molar refractivity (Wildman–Crippen MR) is 124 cm³/mol. The van der Waals surface area contributed by atoms with Gasteiger partial charge in [0.05, 0.1) is 16.5 Å². The van der Waals surface area contributed by atoms with E-state index in [-0.39, 0.29) is 23.8 Å². The van der Waals surface area contributed by atoms with Gasteiger partial charge in [0.2, 0.25) is 11.8 Å². The summed E-state index contributed by atoms with van der Waals surface area (Å²) in [6.45, 7) is 10.1. The van der Waals surface area contributed by atoms with E-state index < -0.39 is 6.04 Å². The maximum Gasteiger partial charge on any atom is 0.243 e. The summed E-state index contributed by atoms with van der Waals surface area (Å²) in [6, 6.07) is 12.5. The number of benzene rings is 2. The Morgan fingerprint density at radius 1 is 1.07 bits per heavy atom. The first-order chi connectivity index (χ1) is 14.0. The molecule has 2 aromatic carbocycles. The van der Waals surface area contributed by atoms with Crippen LogP contribution in [0, 0.1) is 6.92 Å². The molecule has 0 saturated heterocycles. The molecule has 4 nitrogen and oxygen atoms in total. The number of nitrogens with one attached hydrogen (secondary N) is 1. The van der Waals surface area contributed by atoms with Gasteiger partial charge in [-0.15, -0.1) is 0 Å². The largest absolute Gasteiger partial charge is 0.350 e. The number of aryl methyl sites for hydroxylation is 1. The normalized spacial score (nSPS) is 12.4. The molecule has 0 heterocycles. The minimum absolute atomic E-state index is 0.132. The zero-order valence-electron chi connectivity index (χ0n) is 18.3. The van der Waals surface area contributed by atoms with Crippen molar-refractivity contribution in [2.24, 2.45) is 0 Å². The van der Waals surface area contributed by atoms with E-state index in [1.165, 1.54) is 0 Å². The molecule has 2 rings (SSSR count). The summed E-state index contributed by atoms with van der Waals surface area (Å²) in [5.74, 6) is -0.284. The van der Waals surface area contributed by atoms with Crippen molar-refractivity contribution in [2.45, 2.75) is 65.6 Å². The summed E-state index contributed by atoms with van der Waals surface area (Å²) in [4.78, 5) is 28.1. The van der Waals surface area contributed by atoms with Gasteiger partial charge in [-0.1, -0.05) is 60.5 Å². The standard InChI is InChI=1S/C24H30Cl2N2O2/c1-6-21(23(30)27-24(3,4)5)28(15-18-10-8-7-9-16(18)2)22(29)14-17-11-12-19(25)20(26)13-17/h7-13,21H,6,14-15H2,1-5H3,(H,27,30). The smallest absolute Gasteiger partial charge is 0.243 e. The van der Waals surface area contributed by atoms with Gasteiger partial charge >= 0.3 is 0 Å². The van der Waals surface area contributed by atoms with Gasteiger partial charge in [0.15, 0.2) is 0 Å². The summed E-state index contributed by atoms with van der Waals surface area (Å²) >= 11 is 12.1. The predicted octanol–water partition coefficient (Wildman–Crippen LogP) is 5.57. The summed E-state index contributed by atoms with van der Waals surface area (Å²) < 4.78 is 0. The van der Waals surface area contributed by atoms with E-state index in [9.17, 15) is 9.59 Å². The van der Waals surface area contributed by atoms with Crippen LogP contribution >= 0.6 is 23.2 Å². The van der Waals surface area contributed by atoms with E-state index in [0.717, 1.165) is 16.7 Å². The molecule has 0 fully saturated rings. The highest BCUT2D eigenvalue weighted by Crippen LogP contribution is 2.24. The number of halogens is 2. The number of hydrogen-bond donors (Lipinski definition) is 1. The zero-order chi connectivity index (χ0) is 22.5. The molecular weight excluding hydrogens is 419 g/mol. The van der Waals surface area contributed by atoms with Crippen molar-refractivity contribution in [2.75, 3.05) is 0 Å². The molecule has 162 valence electrons. The van der Waals surface area contributed by atoms with Crippen molar-refractivity contribution in [3.8, 4) is 0 Å². The van der Waals surface area contributed by atoms with Crippen LogP contribution in [0.2, 0.25) is 10.0 Å². The second-order valence-corrected chi connectivity index (χ2v) is 9.35. The monoisotopic (exact) mass is 448 g/mol. The number of hydrogen-bond acceptors (Lipinski definition) is 2. The van der Waals surface area contributed by atoms with Crippen molar-refractivity contribution in [3.05, 3.63) is 69.2 Å². The van der Waals surface area contributed by atoms with Crippen LogP contribution < -0.4 is 5.32 Å². The van der Waals surface area contributed by atoms with E-state index in [1.54, 1.807) is 23.1 Å². The Kier molecular flexibility index (Phi) is 8.34. The Morgan fingerprint density at radius 3 is 2.30 bits per heavy atom. The van der Waals surface area contributed by atoms with Gasteiger partial charge in [-0.05, 0) is 62.9 Å². The van der Waals surface area contributed by atoms with Crippen LogP contribution in [0.15, 0.2) is 42.5 Å². The third kappa shape index (κ3) is 6.75. The lowest BCUT2D eigenvalue weighted by molar-refractivity contribution is -0.141. The third-order valence-corrected chi connectivity index (χ3v) is 5.56. The first kappa shape index (κ1) is 24.2. The van der Waals surface area contributed by atoms with E-state index >= 15 is 0 Å². The fourth-order valence-corrected chi connectivity index (χ4v) is 3.59. The average Bonchev–Trinajstić information content (AvgIpc) is 2.64. The Hall–Kier alpha value is -2.04. The van der Waals surface area contributed by atoms with Gasteiger partial charge in [-0.25, -0.2) is 0 Å². The lowest BCUT2D eigenvalue weighted by Gasteiger charge is -2.33. The SMILES string of the molecule is CCC(C(=O)NC(C)(C)C)N(Cc1ccccc1C)C(=O)Cc1ccc(Cl)c(Cl)c1. The first-order valence-corrected chi connectivity index (χ1v) is 10.9. The number of rotatable bonds is 7. The quantitative estimate of drug-likeness (QED) is 0.601. The zero-order valence-corrected chi connectivity index (χ0v) is 19.8. The summed E-state index contributed by atoms with van der Waals surface area (Å²) in [7, 11) is 0. The maximum atomic E-state index is 13.4. The maximum absolute atomic E-state index is 13.4.